The lowest BCUT2D eigenvalue weighted by molar-refractivity contribution is -0.142. The van der Waals surface area contributed by atoms with Gasteiger partial charge in [-0.15, -0.1) is 0 Å². The van der Waals surface area contributed by atoms with Crippen molar-refractivity contribution in [1.29, 1.82) is 0 Å². The number of hydrogen-bond donors (Lipinski definition) is 8. The van der Waals surface area contributed by atoms with Crippen LogP contribution in [0.1, 0.15) is 38.2 Å². The minimum absolute atomic E-state index is 0.0304. The second-order valence-corrected chi connectivity index (χ2v) is 10.4. The summed E-state index contributed by atoms with van der Waals surface area (Å²) in [6.07, 6.45) is 4.20. The highest BCUT2D eigenvalue weighted by atomic mass is 32.2. The second kappa shape index (κ2) is 16.1. The molecule has 0 bridgehead atoms. The SMILES string of the molecule is CSCCC(NC(=O)C(NC(=O)C(N)CCCCN)C(C)O)C(=O)NC(Cc1c[nH]c2ccccc12)C(=O)O. The van der Waals surface area contributed by atoms with E-state index in [9.17, 15) is 29.4 Å². The van der Waals surface area contributed by atoms with E-state index in [-0.39, 0.29) is 12.8 Å². The Morgan fingerprint density at radius 3 is 2.33 bits per heavy atom. The number of thioether (sulfide) groups is 1. The highest BCUT2D eigenvalue weighted by molar-refractivity contribution is 7.98. The molecule has 13 heteroatoms. The molecule has 0 spiro atoms. The maximum Gasteiger partial charge on any atom is 0.326 e. The summed E-state index contributed by atoms with van der Waals surface area (Å²) >= 11 is 1.45. The maximum absolute atomic E-state index is 13.2. The summed E-state index contributed by atoms with van der Waals surface area (Å²) in [5.41, 5.74) is 12.9. The number of aromatic nitrogens is 1. The van der Waals surface area contributed by atoms with Gasteiger partial charge in [0.05, 0.1) is 12.1 Å². The number of fused-ring (bicyclic) bond motifs is 1. The number of carbonyl (C=O) groups is 4. The smallest absolute Gasteiger partial charge is 0.326 e. The Bertz CT molecular complexity index is 1110. The lowest BCUT2D eigenvalue weighted by Gasteiger charge is -2.26. The lowest BCUT2D eigenvalue weighted by atomic mass is 10.0. The van der Waals surface area contributed by atoms with Crippen molar-refractivity contribution in [2.24, 2.45) is 11.5 Å². The molecule has 0 radical (unpaired) electrons. The van der Waals surface area contributed by atoms with E-state index in [4.69, 9.17) is 11.5 Å². The van der Waals surface area contributed by atoms with Crippen LogP contribution in [0.3, 0.4) is 0 Å². The van der Waals surface area contributed by atoms with Crippen LogP contribution in [-0.2, 0) is 25.6 Å². The van der Waals surface area contributed by atoms with Crippen LogP contribution in [0.4, 0.5) is 0 Å². The fourth-order valence-corrected chi connectivity index (χ4v) is 4.54. The van der Waals surface area contributed by atoms with Crippen LogP contribution in [0.5, 0.6) is 0 Å². The average molecular weight is 565 g/mol. The van der Waals surface area contributed by atoms with Crippen LogP contribution >= 0.6 is 11.8 Å². The second-order valence-electron chi connectivity index (χ2n) is 9.42. The molecular formula is C26H40N6O6S. The van der Waals surface area contributed by atoms with Gasteiger partial charge in [0.25, 0.3) is 0 Å². The van der Waals surface area contributed by atoms with Crippen LogP contribution in [-0.4, -0.2) is 87.7 Å². The first-order valence-corrected chi connectivity index (χ1v) is 14.3. The number of nitrogens with two attached hydrogens (primary N) is 2. The number of hydrogen-bond acceptors (Lipinski definition) is 8. The molecule has 1 heterocycles. The summed E-state index contributed by atoms with van der Waals surface area (Å²) in [4.78, 5) is 53.8. The van der Waals surface area contributed by atoms with Crippen molar-refractivity contribution in [2.45, 2.75) is 69.3 Å². The van der Waals surface area contributed by atoms with E-state index in [1.165, 1.54) is 18.7 Å². The standard InChI is InChI=1S/C26H40N6O6S/c1-15(33)22(32-23(34)18(28)8-5-6-11-27)25(36)30-20(10-12-39-2)24(35)31-21(26(37)38)13-16-14-29-19-9-4-3-7-17(16)19/h3-4,7,9,14-15,18,20-22,29,33H,5-6,8,10-13,27-28H2,1-2H3,(H,30,36)(H,31,35)(H,32,34)(H,37,38). The Morgan fingerprint density at radius 2 is 1.69 bits per heavy atom. The molecule has 0 saturated heterocycles. The van der Waals surface area contributed by atoms with E-state index in [0.29, 0.717) is 31.6 Å². The molecular weight excluding hydrogens is 524 g/mol. The predicted octanol–water partition coefficient (Wildman–Crippen LogP) is -0.160. The van der Waals surface area contributed by atoms with E-state index < -0.39 is 54.0 Å². The van der Waals surface area contributed by atoms with E-state index in [1.807, 2.05) is 30.5 Å². The molecule has 2 rings (SSSR count). The zero-order valence-corrected chi connectivity index (χ0v) is 23.1. The quantitative estimate of drug-likeness (QED) is 0.120. The number of para-hydroxylation sites is 1. The molecule has 1 aromatic heterocycles. The zero-order valence-electron chi connectivity index (χ0n) is 22.3. The molecule has 5 atom stereocenters. The third kappa shape index (κ3) is 9.84. The van der Waals surface area contributed by atoms with E-state index >= 15 is 0 Å². The summed E-state index contributed by atoms with van der Waals surface area (Å²) in [5, 5.41) is 28.4. The number of aliphatic hydroxyl groups is 1. The Kier molecular flexibility index (Phi) is 13.2. The molecule has 216 valence electrons. The number of rotatable bonds is 17. The third-order valence-corrected chi connectivity index (χ3v) is 6.97. The summed E-state index contributed by atoms with van der Waals surface area (Å²) in [6.45, 7) is 1.81. The Balaban J connectivity index is 2.11. The molecule has 0 saturated carbocycles. The summed E-state index contributed by atoms with van der Waals surface area (Å²) in [5.74, 6) is -2.80. The van der Waals surface area contributed by atoms with Gasteiger partial charge in [-0.3, -0.25) is 14.4 Å². The van der Waals surface area contributed by atoms with Crippen LogP contribution in [0.15, 0.2) is 30.5 Å². The Hall–Kier alpha value is -3.13. The van der Waals surface area contributed by atoms with Gasteiger partial charge in [0.1, 0.15) is 18.1 Å². The zero-order chi connectivity index (χ0) is 28.9. The number of aromatic amines is 1. The molecule has 1 aromatic carbocycles. The van der Waals surface area contributed by atoms with Crippen LogP contribution in [0.25, 0.3) is 10.9 Å². The Labute approximate surface area is 232 Å². The molecule has 0 aliphatic heterocycles. The van der Waals surface area contributed by atoms with Crippen molar-refractivity contribution >= 4 is 46.4 Å². The van der Waals surface area contributed by atoms with Crippen molar-refractivity contribution in [3.8, 4) is 0 Å². The number of nitrogens with one attached hydrogen (secondary N) is 4. The summed E-state index contributed by atoms with van der Waals surface area (Å²) in [7, 11) is 0. The van der Waals surface area contributed by atoms with Crippen molar-refractivity contribution in [3.05, 3.63) is 36.0 Å². The van der Waals surface area contributed by atoms with Crippen molar-refractivity contribution < 1.29 is 29.4 Å². The molecule has 12 nitrogen and oxygen atoms in total. The molecule has 3 amide bonds. The Morgan fingerprint density at radius 1 is 1.00 bits per heavy atom. The van der Waals surface area contributed by atoms with Crippen LogP contribution in [0.2, 0.25) is 0 Å². The van der Waals surface area contributed by atoms with Crippen LogP contribution in [0, 0.1) is 0 Å². The predicted molar refractivity (Wildman–Crippen MR) is 151 cm³/mol. The van der Waals surface area contributed by atoms with Gasteiger partial charge in [-0.1, -0.05) is 24.6 Å². The number of benzene rings is 1. The van der Waals surface area contributed by atoms with E-state index in [2.05, 4.69) is 20.9 Å². The van der Waals surface area contributed by atoms with E-state index in [0.717, 1.165) is 16.5 Å². The maximum atomic E-state index is 13.2. The highest BCUT2D eigenvalue weighted by Gasteiger charge is 2.32. The van der Waals surface area contributed by atoms with Gasteiger partial charge in [0.2, 0.25) is 17.7 Å². The number of carboxylic acids is 1. The number of unbranched alkanes of at least 4 members (excludes halogenated alkanes) is 1. The molecule has 0 aliphatic rings. The lowest BCUT2D eigenvalue weighted by Crippen LogP contribution is -2.60. The average Bonchev–Trinajstić information content (AvgIpc) is 3.31. The van der Waals surface area contributed by atoms with Gasteiger partial charge >= 0.3 is 5.97 Å². The number of aliphatic carboxylic acids is 1. The fraction of sp³-hybridized carbons (Fsp3) is 0.538. The number of carboxylic acid groups (broad SMARTS) is 1. The molecule has 10 N–H and O–H groups in total. The van der Waals surface area contributed by atoms with Gasteiger partial charge in [0.15, 0.2) is 0 Å². The van der Waals surface area contributed by atoms with Gasteiger partial charge in [-0.2, -0.15) is 11.8 Å². The number of aliphatic hydroxyl groups excluding tert-OH is 1. The number of amides is 3. The third-order valence-electron chi connectivity index (χ3n) is 6.33. The van der Waals surface area contributed by atoms with Gasteiger partial charge in [-0.05, 0) is 56.4 Å². The molecule has 5 unspecified atom stereocenters. The van der Waals surface area contributed by atoms with Gasteiger partial charge < -0.3 is 42.6 Å². The first-order valence-electron chi connectivity index (χ1n) is 12.9. The number of carbonyl (C=O) groups excluding carboxylic acids is 3. The topological polar surface area (TPSA) is 213 Å². The normalized spacial score (nSPS) is 15.1. The first kappa shape index (κ1) is 32.1. The fourth-order valence-electron chi connectivity index (χ4n) is 4.06. The van der Waals surface area contributed by atoms with Crippen molar-refractivity contribution in [2.75, 3.05) is 18.6 Å². The summed E-state index contributed by atoms with van der Waals surface area (Å²) < 4.78 is 0. The molecule has 2 aromatic rings. The largest absolute Gasteiger partial charge is 0.480 e. The molecule has 0 fully saturated rings. The van der Waals surface area contributed by atoms with Crippen molar-refractivity contribution in [1.82, 2.24) is 20.9 Å². The summed E-state index contributed by atoms with van der Waals surface area (Å²) in [6, 6.07) is 2.84. The number of H-pyrrole nitrogens is 1. The van der Waals surface area contributed by atoms with Gasteiger partial charge in [0, 0.05) is 23.5 Å². The van der Waals surface area contributed by atoms with E-state index in [1.54, 1.807) is 6.20 Å². The minimum atomic E-state index is -1.36. The van der Waals surface area contributed by atoms with Gasteiger partial charge in [-0.25, -0.2) is 4.79 Å². The van der Waals surface area contributed by atoms with Crippen molar-refractivity contribution in [3.63, 3.8) is 0 Å². The minimum Gasteiger partial charge on any atom is -0.480 e. The molecule has 39 heavy (non-hydrogen) atoms. The molecule has 0 aliphatic carbocycles. The highest BCUT2D eigenvalue weighted by Crippen LogP contribution is 2.19. The monoisotopic (exact) mass is 564 g/mol. The van der Waals surface area contributed by atoms with Crippen LogP contribution < -0.4 is 27.4 Å². The first-order chi connectivity index (χ1) is 18.6.